The number of hydrogen-bond donors (Lipinski definition) is 2. The topological polar surface area (TPSA) is 66.8 Å². The molecular formula is C14H21O4Y-. The molecule has 105 valence electrons. The van der Waals surface area contributed by atoms with Crippen LogP contribution in [0.15, 0.2) is 24.3 Å². The Balaban J connectivity index is 0. The molecule has 1 unspecified atom stereocenters. The van der Waals surface area contributed by atoms with Crippen LogP contribution in [0.5, 0.6) is 0 Å². The molecule has 0 saturated carbocycles. The van der Waals surface area contributed by atoms with Crippen molar-refractivity contribution in [1.29, 1.82) is 0 Å². The fraction of sp³-hybridized carbons (Fsp3) is 0.429. The van der Waals surface area contributed by atoms with Gasteiger partial charge in [0.1, 0.15) is 12.4 Å². The Morgan fingerprint density at radius 2 is 1.89 bits per heavy atom. The molecule has 0 spiro atoms. The molecule has 0 heterocycles. The Morgan fingerprint density at radius 1 is 1.26 bits per heavy atom. The molecule has 0 aliphatic carbocycles. The zero-order chi connectivity index (χ0) is 12.5. The Bertz CT molecular complexity index is 327. The van der Waals surface area contributed by atoms with Crippen LogP contribution in [0.3, 0.4) is 0 Å². The van der Waals surface area contributed by atoms with Crippen LogP contribution in [0, 0.1) is 7.43 Å². The second-order valence-corrected chi connectivity index (χ2v) is 3.87. The molecular weight excluding hydrogens is 321 g/mol. The summed E-state index contributed by atoms with van der Waals surface area (Å²) in [5, 5.41) is 17.6. The van der Waals surface area contributed by atoms with E-state index in [4.69, 9.17) is 14.9 Å². The summed E-state index contributed by atoms with van der Waals surface area (Å²) >= 11 is 0. The van der Waals surface area contributed by atoms with Crippen molar-refractivity contribution in [2.45, 2.75) is 18.9 Å². The fourth-order valence-corrected chi connectivity index (χ4v) is 1.41. The van der Waals surface area contributed by atoms with Gasteiger partial charge >= 0.3 is 0 Å². The van der Waals surface area contributed by atoms with Crippen LogP contribution in [0.1, 0.15) is 22.3 Å². The van der Waals surface area contributed by atoms with Crippen LogP contribution >= 0.6 is 0 Å². The first kappa shape index (κ1) is 21.2. The van der Waals surface area contributed by atoms with Crippen molar-refractivity contribution < 1.29 is 52.5 Å². The first-order valence-corrected chi connectivity index (χ1v) is 5.67. The van der Waals surface area contributed by atoms with Crippen LogP contribution in [0.2, 0.25) is 0 Å². The molecule has 5 heteroatoms. The average Bonchev–Trinajstić information content (AvgIpc) is 2.38. The van der Waals surface area contributed by atoms with Gasteiger partial charge in [0.15, 0.2) is 0 Å². The molecule has 0 bridgehead atoms. The molecule has 1 aromatic rings. The normalized spacial score (nSPS) is 11.1. The Hall–Kier alpha value is -0.126. The van der Waals surface area contributed by atoms with Crippen LogP contribution in [-0.2, 0) is 43.9 Å². The van der Waals surface area contributed by atoms with Gasteiger partial charge in [0.05, 0.1) is 13.2 Å². The minimum absolute atomic E-state index is 0. The number of aliphatic hydroxyl groups is 2. The van der Waals surface area contributed by atoms with Crippen molar-refractivity contribution >= 4 is 6.29 Å². The Kier molecular flexibility index (Phi) is 14.4. The van der Waals surface area contributed by atoms with Gasteiger partial charge in [0.25, 0.3) is 0 Å². The van der Waals surface area contributed by atoms with E-state index in [2.05, 4.69) is 0 Å². The Labute approximate surface area is 140 Å². The number of carbonyl (C=O) groups is 1. The third-order valence-corrected chi connectivity index (χ3v) is 2.39. The Morgan fingerprint density at radius 3 is 2.42 bits per heavy atom. The molecule has 0 aliphatic rings. The van der Waals surface area contributed by atoms with Crippen LogP contribution in [0.4, 0.5) is 0 Å². The van der Waals surface area contributed by atoms with Crippen LogP contribution < -0.4 is 0 Å². The van der Waals surface area contributed by atoms with E-state index in [1.807, 2.05) is 12.1 Å². The maximum Gasteiger partial charge on any atom is 0.150 e. The summed E-state index contributed by atoms with van der Waals surface area (Å²) in [6, 6.07) is 7.43. The van der Waals surface area contributed by atoms with Gasteiger partial charge in [0.2, 0.25) is 0 Å². The van der Waals surface area contributed by atoms with E-state index < -0.39 is 6.10 Å². The van der Waals surface area contributed by atoms with Gasteiger partial charge < -0.3 is 22.4 Å². The molecule has 2 N–H and O–H groups in total. The smallest absolute Gasteiger partial charge is 0.150 e. The zero-order valence-electron chi connectivity index (χ0n) is 11.3. The van der Waals surface area contributed by atoms with E-state index in [-0.39, 0.29) is 53.3 Å². The monoisotopic (exact) mass is 342 g/mol. The number of carbonyl (C=O) groups excluding carboxylic acids is 1. The van der Waals surface area contributed by atoms with Crippen molar-refractivity contribution in [2.75, 3.05) is 19.8 Å². The molecule has 0 saturated heterocycles. The van der Waals surface area contributed by atoms with Crippen molar-refractivity contribution in [3.05, 3.63) is 42.8 Å². The number of aliphatic hydroxyl groups excluding tert-OH is 2. The fourth-order valence-electron chi connectivity index (χ4n) is 1.41. The number of benzene rings is 1. The van der Waals surface area contributed by atoms with E-state index in [0.717, 1.165) is 24.7 Å². The van der Waals surface area contributed by atoms with Crippen LogP contribution in [0.25, 0.3) is 0 Å². The van der Waals surface area contributed by atoms with Gasteiger partial charge in [-0.1, -0.05) is 24.3 Å². The van der Waals surface area contributed by atoms with Crippen molar-refractivity contribution in [2.24, 2.45) is 0 Å². The van der Waals surface area contributed by atoms with E-state index in [1.54, 1.807) is 12.1 Å². The number of ether oxygens (including phenoxy) is 1. The van der Waals surface area contributed by atoms with Gasteiger partial charge in [0, 0.05) is 44.9 Å². The second-order valence-electron chi connectivity index (χ2n) is 3.87. The van der Waals surface area contributed by atoms with Gasteiger partial charge in [-0.25, -0.2) is 0 Å². The molecule has 0 amide bonds. The molecule has 0 aromatic heterocycles. The largest absolute Gasteiger partial charge is 0.394 e. The van der Waals surface area contributed by atoms with Gasteiger partial charge in [-0.2, -0.15) is 0 Å². The van der Waals surface area contributed by atoms with Crippen molar-refractivity contribution in [3.8, 4) is 0 Å². The second kappa shape index (κ2) is 12.9. The minimum Gasteiger partial charge on any atom is -0.394 e. The van der Waals surface area contributed by atoms with E-state index in [1.165, 1.54) is 0 Å². The van der Waals surface area contributed by atoms with E-state index >= 15 is 0 Å². The summed E-state index contributed by atoms with van der Waals surface area (Å²) in [6.45, 7) is 0.445. The predicted octanol–water partition coefficient (Wildman–Crippen LogP) is 1.25. The van der Waals surface area contributed by atoms with Gasteiger partial charge in [-0.15, -0.1) is 0 Å². The molecule has 1 radical (unpaired) electrons. The van der Waals surface area contributed by atoms with Gasteiger partial charge in [-0.05, 0) is 18.4 Å². The third kappa shape index (κ3) is 9.41. The standard InChI is InChI=1S/C13H18O4.CH3.Y/c14-8-12-5-3-11(4-6-12)2-1-7-17-10-13(16)9-15;;/h3-6,8,13,15-16H,1-2,7,9-10H2;1H3;/q;-1;. The van der Waals surface area contributed by atoms with Gasteiger partial charge in [-0.3, -0.25) is 4.79 Å². The first-order valence-electron chi connectivity index (χ1n) is 5.67. The van der Waals surface area contributed by atoms with Crippen LogP contribution in [-0.4, -0.2) is 42.4 Å². The third-order valence-electron chi connectivity index (χ3n) is 2.39. The minimum atomic E-state index is -0.790. The molecule has 0 aliphatic heterocycles. The van der Waals surface area contributed by atoms with Crippen molar-refractivity contribution in [1.82, 2.24) is 0 Å². The number of rotatable bonds is 8. The van der Waals surface area contributed by atoms with Crippen molar-refractivity contribution in [3.63, 3.8) is 0 Å². The average molecular weight is 342 g/mol. The summed E-state index contributed by atoms with van der Waals surface area (Å²) in [7, 11) is 0. The molecule has 1 atom stereocenters. The quantitative estimate of drug-likeness (QED) is 0.424. The number of aryl methyl sites for hydroxylation is 1. The number of hydrogen-bond acceptors (Lipinski definition) is 4. The maximum atomic E-state index is 10.4. The SMILES string of the molecule is O=Cc1ccc(CCCOCC(O)CO)cc1.[CH3-].[Y]. The number of aldehydes is 1. The maximum absolute atomic E-state index is 10.4. The first-order chi connectivity index (χ1) is 8.26. The summed E-state index contributed by atoms with van der Waals surface area (Å²) in [5.41, 5.74) is 1.83. The molecule has 4 nitrogen and oxygen atoms in total. The summed E-state index contributed by atoms with van der Waals surface area (Å²) < 4.78 is 5.19. The molecule has 1 rings (SSSR count). The summed E-state index contributed by atoms with van der Waals surface area (Å²) in [5.74, 6) is 0. The van der Waals surface area contributed by atoms with E-state index in [0.29, 0.717) is 12.2 Å². The summed E-state index contributed by atoms with van der Waals surface area (Å²) in [4.78, 5) is 10.4. The summed E-state index contributed by atoms with van der Waals surface area (Å²) in [6.07, 6.45) is 1.75. The molecule has 1 aromatic carbocycles. The molecule has 0 fully saturated rings. The van der Waals surface area contributed by atoms with E-state index in [9.17, 15) is 4.79 Å². The molecule has 19 heavy (non-hydrogen) atoms. The zero-order valence-corrected chi connectivity index (χ0v) is 14.1. The predicted molar refractivity (Wildman–Crippen MR) is 70.5 cm³/mol.